The second kappa shape index (κ2) is 5.78. The Hall–Kier alpha value is -2.98. The number of rotatable bonds is 4. The first-order valence-corrected chi connectivity index (χ1v) is 9.43. The number of hydrogen-bond donors (Lipinski definition) is 3. The van der Waals surface area contributed by atoms with Crippen molar-refractivity contribution in [2.24, 2.45) is 10.9 Å². The Balaban J connectivity index is 1.77. The van der Waals surface area contributed by atoms with E-state index in [0.717, 1.165) is 34.5 Å². The van der Waals surface area contributed by atoms with Gasteiger partial charge in [0, 0.05) is 16.8 Å². The summed E-state index contributed by atoms with van der Waals surface area (Å²) in [5.74, 6) is -0.573. The summed E-state index contributed by atoms with van der Waals surface area (Å²) in [6, 6.07) is 6.21. The summed E-state index contributed by atoms with van der Waals surface area (Å²) in [5, 5.41) is 16.6. The minimum Gasteiger partial charge on any atom is -0.364 e. The van der Waals surface area contributed by atoms with E-state index in [2.05, 4.69) is 15.3 Å². The number of aromatic nitrogens is 4. The molecule has 1 aromatic carbocycles. The highest BCUT2D eigenvalue weighted by Crippen LogP contribution is 2.34. The van der Waals surface area contributed by atoms with E-state index in [1.54, 1.807) is 23.0 Å². The van der Waals surface area contributed by atoms with Crippen LogP contribution in [0.1, 0.15) is 27.3 Å². The van der Waals surface area contributed by atoms with Crippen LogP contribution in [0.4, 0.5) is 0 Å². The average molecular weight is 372 g/mol. The monoisotopic (exact) mass is 372 g/mol. The standard InChI is InChI=1S/C16H16N6O3S/c17-16(23)14-11-5-6-13-12(7-19-20-13)15(11)22(21-14)8-9-1-3-10(4-2-9)26(18,24)25/h1-4,7H,5-6,8H2,(H2,17,23)(H,19,20)(H2,18,24,25). The van der Waals surface area contributed by atoms with Crippen molar-refractivity contribution in [3.8, 4) is 11.3 Å². The summed E-state index contributed by atoms with van der Waals surface area (Å²) in [6.07, 6.45) is 3.09. The smallest absolute Gasteiger partial charge is 0.269 e. The van der Waals surface area contributed by atoms with Crippen LogP contribution in [0.3, 0.4) is 0 Å². The number of nitrogens with one attached hydrogen (secondary N) is 1. The number of sulfonamides is 1. The van der Waals surface area contributed by atoms with Gasteiger partial charge in [-0.05, 0) is 30.5 Å². The molecule has 4 rings (SSSR count). The van der Waals surface area contributed by atoms with Gasteiger partial charge in [0.05, 0.1) is 23.3 Å². The largest absolute Gasteiger partial charge is 0.364 e. The molecule has 0 saturated carbocycles. The molecule has 1 aliphatic rings. The highest BCUT2D eigenvalue weighted by molar-refractivity contribution is 7.89. The number of aromatic amines is 1. The van der Waals surface area contributed by atoms with Crippen LogP contribution in [0, 0.1) is 0 Å². The highest BCUT2D eigenvalue weighted by Gasteiger charge is 2.28. The van der Waals surface area contributed by atoms with Gasteiger partial charge in [-0.15, -0.1) is 0 Å². The van der Waals surface area contributed by atoms with Gasteiger partial charge in [0.2, 0.25) is 10.0 Å². The Kier molecular flexibility index (Phi) is 3.67. The topological polar surface area (TPSA) is 150 Å². The second-order valence-electron chi connectivity index (χ2n) is 6.15. The van der Waals surface area contributed by atoms with Crippen LogP contribution in [-0.2, 0) is 29.4 Å². The number of carbonyl (C=O) groups is 1. The lowest BCUT2D eigenvalue weighted by Gasteiger charge is -2.14. The molecule has 26 heavy (non-hydrogen) atoms. The van der Waals surface area contributed by atoms with Crippen LogP contribution in [0.15, 0.2) is 35.4 Å². The molecule has 5 N–H and O–H groups in total. The fraction of sp³-hybridized carbons (Fsp3) is 0.188. The van der Waals surface area contributed by atoms with Gasteiger partial charge in [0.1, 0.15) is 0 Å². The summed E-state index contributed by atoms with van der Waals surface area (Å²) < 4.78 is 24.5. The third-order valence-electron chi connectivity index (χ3n) is 4.47. The summed E-state index contributed by atoms with van der Waals surface area (Å²) in [4.78, 5) is 11.8. The molecule has 134 valence electrons. The Morgan fingerprint density at radius 3 is 2.62 bits per heavy atom. The zero-order chi connectivity index (χ0) is 18.5. The molecule has 3 aromatic rings. The molecule has 0 spiro atoms. The van der Waals surface area contributed by atoms with E-state index in [4.69, 9.17) is 10.9 Å². The van der Waals surface area contributed by atoms with E-state index in [1.807, 2.05) is 0 Å². The van der Waals surface area contributed by atoms with Gasteiger partial charge >= 0.3 is 0 Å². The van der Waals surface area contributed by atoms with Crippen molar-refractivity contribution in [3.05, 3.63) is 53.0 Å². The number of primary sulfonamides is 1. The highest BCUT2D eigenvalue weighted by atomic mass is 32.2. The molecule has 9 nitrogen and oxygen atoms in total. The number of fused-ring (bicyclic) bond motifs is 3. The van der Waals surface area contributed by atoms with Crippen molar-refractivity contribution in [1.82, 2.24) is 20.0 Å². The Morgan fingerprint density at radius 2 is 1.96 bits per heavy atom. The maximum absolute atomic E-state index is 11.8. The van der Waals surface area contributed by atoms with Crippen molar-refractivity contribution >= 4 is 15.9 Å². The molecule has 1 aliphatic carbocycles. The number of H-pyrrole nitrogens is 1. The quantitative estimate of drug-likeness (QED) is 0.596. The van der Waals surface area contributed by atoms with Gasteiger partial charge in [-0.2, -0.15) is 10.2 Å². The summed E-state index contributed by atoms with van der Waals surface area (Å²) in [5.41, 5.74) is 10.1. The molecule has 0 saturated heterocycles. The number of nitrogens with two attached hydrogens (primary N) is 2. The number of hydrogen-bond acceptors (Lipinski definition) is 5. The van der Waals surface area contributed by atoms with Gasteiger partial charge in [0.15, 0.2) is 5.69 Å². The maximum Gasteiger partial charge on any atom is 0.269 e. The third-order valence-corrected chi connectivity index (χ3v) is 5.40. The molecule has 0 aliphatic heterocycles. The fourth-order valence-corrected chi connectivity index (χ4v) is 3.78. The number of carbonyl (C=O) groups excluding carboxylic acids is 1. The third kappa shape index (κ3) is 2.68. The number of aryl methyl sites for hydroxylation is 1. The molecule has 0 radical (unpaired) electrons. The lowest BCUT2D eigenvalue weighted by molar-refractivity contribution is 0.0994. The maximum atomic E-state index is 11.8. The zero-order valence-electron chi connectivity index (χ0n) is 13.6. The molecule has 0 atom stereocenters. The summed E-state index contributed by atoms with van der Waals surface area (Å²) >= 11 is 0. The molecule has 1 amide bonds. The molecule has 0 bridgehead atoms. The van der Waals surface area contributed by atoms with Crippen molar-refractivity contribution in [3.63, 3.8) is 0 Å². The predicted molar refractivity (Wildman–Crippen MR) is 92.7 cm³/mol. The van der Waals surface area contributed by atoms with Crippen LogP contribution >= 0.6 is 0 Å². The number of benzene rings is 1. The van der Waals surface area contributed by atoms with Crippen LogP contribution in [-0.4, -0.2) is 34.3 Å². The molecule has 2 heterocycles. The molecular formula is C16H16N6O3S. The van der Waals surface area contributed by atoms with Gasteiger partial charge in [-0.25, -0.2) is 13.6 Å². The van der Waals surface area contributed by atoms with Crippen molar-refractivity contribution in [2.75, 3.05) is 0 Å². The first-order chi connectivity index (χ1) is 12.3. The first-order valence-electron chi connectivity index (χ1n) is 7.88. The molecule has 0 unspecified atom stereocenters. The SMILES string of the molecule is NC(=O)c1nn(Cc2ccc(S(N)(=O)=O)cc2)c2c1CCc1[nH]ncc1-2. The van der Waals surface area contributed by atoms with Gasteiger partial charge < -0.3 is 5.73 Å². The number of amides is 1. The first kappa shape index (κ1) is 16.5. The van der Waals surface area contributed by atoms with E-state index in [1.165, 1.54) is 12.1 Å². The zero-order valence-corrected chi connectivity index (χ0v) is 14.5. The normalized spacial score (nSPS) is 13.3. The second-order valence-corrected chi connectivity index (χ2v) is 7.71. The molecule has 2 aromatic heterocycles. The van der Waals surface area contributed by atoms with Crippen LogP contribution < -0.4 is 10.9 Å². The Morgan fingerprint density at radius 1 is 1.23 bits per heavy atom. The van der Waals surface area contributed by atoms with Gasteiger partial charge in [-0.1, -0.05) is 12.1 Å². The van der Waals surface area contributed by atoms with Crippen LogP contribution in [0.25, 0.3) is 11.3 Å². The van der Waals surface area contributed by atoms with E-state index < -0.39 is 15.9 Å². The predicted octanol–water partition coefficient (Wildman–Crippen LogP) is 0.166. The molecule has 10 heteroatoms. The van der Waals surface area contributed by atoms with Crippen LogP contribution in [0.2, 0.25) is 0 Å². The summed E-state index contributed by atoms with van der Waals surface area (Å²) in [7, 11) is -3.74. The minimum atomic E-state index is -3.74. The number of primary amides is 1. The van der Waals surface area contributed by atoms with Crippen molar-refractivity contribution in [2.45, 2.75) is 24.3 Å². The Bertz CT molecular complexity index is 1110. The van der Waals surface area contributed by atoms with E-state index in [9.17, 15) is 13.2 Å². The van der Waals surface area contributed by atoms with Crippen molar-refractivity contribution in [1.29, 1.82) is 0 Å². The molecule has 0 fully saturated rings. The van der Waals surface area contributed by atoms with E-state index >= 15 is 0 Å². The number of nitrogens with zero attached hydrogens (tertiary/aromatic N) is 3. The summed E-state index contributed by atoms with van der Waals surface area (Å²) in [6.45, 7) is 0.352. The fourth-order valence-electron chi connectivity index (χ4n) is 3.26. The lowest BCUT2D eigenvalue weighted by atomic mass is 9.93. The minimum absolute atomic E-state index is 0.0405. The van der Waals surface area contributed by atoms with Crippen LogP contribution in [0.5, 0.6) is 0 Å². The van der Waals surface area contributed by atoms with Crippen molar-refractivity contribution < 1.29 is 13.2 Å². The lowest BCUT2D eigenvalue weighted by Crippen LogP contribution is -2.15. The van der Waals surface area contributed by atoms with Gasteiger partial charge in [-0.3, -0.25) is 14.6 Å². The van der Waals surface area contributed by atoms with Gasteiger partial charge in [0.25, 0.3) is 5.91 Å². The van der Waals surface area contributed by atoms with E-state index in [-0.39, 0.29) is 10.6 Å². The average Bonchev–Trinajstić information content (AvgIpc) is 3.18. The van der Waals surface area contributed by atoms with E-state index in [0.29, 0.717) is 13.0 Å². The Labute approximate surface area is 149 Å². The molecular weight excluding hydrogens is 356 g/mol.